The molecule has 152 valence electrons. The first-order valence-electron chi connectivity index (χ1n) is 8.84. The Morgan fingerprint density at radius 2 is 1.52 bits per heavy atom. The number of hydrogen-bond acceptors (Lipinski definition) is 3. The molecule has 0 aromatic heterocycles. The molecule has 0 aliphatic carbocycles. The van der Waals surface area contributed by atoms with Crippen LogP contribution < -0.4 is 0 Å². The van der Waals surface area contributed by atoms with Crippen molar-refractivity contribution >= 4 is 40.9 Å². The van der Waals surface area contributed by atoms with Gasteiger partial charge in [0.1, 0.15) is 0 Å². The lowest BCUT2D eigenvalue weighted by Crippen LogP contribution is -2.60. The highest BCUT2D eigenvalue weighted by molar-refractivity contribution is 6.37. The second-order valence-electron chi connectivity index (χ2n) is 7.48. The van der Waals surface area contributed by atoms with Gasteiger partial charge in [-0.2, -0.15) is 5.01 Å². The average molecular weight is 433 g/mol. The smallest absolute Gasteiger partial charge is 0.268 e. The van der Waals surface area contributed by atoms with Crippen molar-refractivity contribution in [1.82, 2.24) is 10.0 Å². The number of amides is 3. The summed E-state index contributed by atoms with van der Waals surface area (Å²) in [5.41, 5.74) is -0.436. The highest BCUT2D eigenvalue weighted by atomic mass is 35.5. The Hall–Kier alpha value is -2.63. The van der Waals surface area contributed by atoms with E-state index in [1.54, 1.807) is 51.1 Å². The molecule has 7 heteroatoms. The normalized spacial score (nSPS) is 11.0. The molecule has 0 saturated carbocycles. The van der Waals surface area contributed by atoms with Crippen LogP contribution in [0.15, 0.2) is 60.7 Å². The second kappa shape index (κ2) is 8.80. The Balaban J connectivity index is 2.70. The second-order valence-corrected chi connectivity index (χ2v) is 8.32. The minimum atomic E-state index is -0.908. The maximum absolute atomic E-state index is 13.5. The molecule has 0 aliphatic rings. The Kier molecular flexibility index (Phi) is 6.88. The van der Waals surface area contributed by atoms with Crippen LogP contribution in [0.4, 0.5) is 0 Å². The molecular weight excluding hydrogens is 411 g/mol. The summed E-state index contributed by atoms with van der Waals surface area (Å²) in [4.78, 5) is 39.8. The number of carbonyl (C=O) groups excluding carboxylic acids is 3. The van der Waals surface area contributed by atoms with Crippen LogP contribution in [0.2, 0.25) is 10.0 Å². The molecule has 0 N–H and O–H groups in total. The molecule has 0 aliphatic heterocycles. The molecule has 2 aromatic carbocycles. The van der Waals surface area contributed by atoms with Crippen LogP contribution in [0.25, 0.3) is 0 Å². The molecule has 0 bridgehead atoms. The number of hydrogen-bond donors (Lipinski definition) is 0. The third-order valence-corrected chi connectivity index (χ3v) is 4.51. The number of imide groups is 1. The molecule has 0 radical (unpaired) electrons. The zero-order chi connectivity index (χ0) is 21.9. The van der Waals surface area contributed by atoms with Gasteiger partial charge in [-0.25, -0.2) is 5.01 Å². The van der Waals surface area contributed by atoms with Crippen molar-refractivity contribution in [1.29, 1.82) is 0 Å². The molecule has 3 amide bonds. The summed E-state index contributed by atoms with van der Waals surface area (Å²) < 4.78 is 0. The summed E-state index contributed by atoms with van der Waals surface area (Å²) in [5, 5.41) is 2.35. The molecule has 2 rings (SSSR count). The molecule has 5 nitrogen and oxygen atoms in total. The maximum atomic E-state index is 13.5. The van der Waals surface area contributed by atoms with Crippen LogP contribution in [0.5, 0.6) is 0 Å². The summed E-state index contributed by atoms with van der Waals surface area (Å²) in [6.07, 6.45) is 0. The van der Waals surface area contributed by atoms with E-state index < -0.39 is 23.3 Å². The van der Waals surface area contributed by atoms with Gasteiger partial charge in [0, 0.05) is 16.2 Å². The molecule has 0 saturated heterocycles. The number of hydrazine groups is 1. The van der Waals surface area contributed by atoms with E-state index >= 15 is 0 Å². The van der Waals surface area contributed by atoms with Crippen LogP contribution in [0.1, 0.15) is 48.4 Å². The van der Waals surface area contributed by atoms with Crippen molar-refractivity contribution < 1.29 is 14.4 Å². The van der Waals surface area contributed by atoms with E-state index in [1.165, 1.54) is 25.1 Å². The van der Waals surface area contributed by atoms with Crippen molar-refractivity contribution in [3.05, 3.63) is 81.9 Å². The highest BCUT2D eigenvalue weighted by Gasteiger charge is 2.40. The minimum absolute atomic E-state index is 0.0455. The molecule has 29 heavy (non-hydrogen) atoms. The molecule has 2 aromatic rings. The first-order valence-corrected chi connectivity index (χ1v) is 9.59. The van der Waals surface area contributed by atoms with Crippen LogP contribution >= 0.6 is 23.2 Å². The van der Waals surface area contributed by atoms with Gasteiger partial charge in [-0.15, -0.1) is 0 Å². The third-order valence-electron chi connectivity index (χ3n) is 3.96. The molecule has 0 atom stereocenters. The van der Waals surface area contributed by atoms with Crippen molar-refractivity contribution in [3.63, 3.8) is 0 Å². The van der Waals surface area contributed by atoms with Gasteiger partial charge in [-0.3, -0.25) is 14.4 Å². The minimum Gasteiger partial charge on any atom is -0.268 e. The van der Waals surface area contributed by atoms with Gasteiger partial charge in [0.25, 0.3) is 17.7 Å². The number of halogens is 2. The van der Waals surface area contributed by atoms with Gasteiger partial charge in [0.05, 0.1) is 16.1 Å². The maximum Gasteiger partial charge on any atom is 0.281 e. The molecule has 0 fully saturated rings. The van der Waals surface area contributed by atoms with E-state index in [1.807, 2.05) is 0 Å². The monoisotopic (exact) mass is 432 g/mol. The topological polar surface area (TPSA) is 57.7 Å². The predicted molar refractivity (Wildman–Crippen MR) is 115 cm³/mol. The summed E-state index contributed by atoms with van der Waals surface area (Å²) >= 11 is 12.2. The Labute approximate surface area is 180 Å². The number of nitrogens with zero attached hydrogens (tertiary/aromatic N) is 2. The largest absolute Gasteiger partial charge is 0.281 e. The Morgan fingerprint density at radius 3 is 2.00 bits per heavy atom. The highest BCUT2D eigenvalue weighted by Crippen LogP contribution is 2.27. The van der Waals surface area contributed by atoms with Gasteiger partial charge in [0.15, 0.2) is 0 Å². The first kappa shape index (κ1) is 22.7. The van der Waals surface area contributed by atoms with E-state index in [0.717, 1.165) is 10.0 Å². The van der Waals surface area contributed by atoms with Gasteiger partial charge in [-0.1, -0.05) is 48.0 Å². The quantitative estimate of drug-likeness (QED) is 0.370. The van der Waals surface area contributed by atoms with E-state index in [9.17, 15) is 14.4 Å². The summed E-state index contributed by atoms with van der Waals surface area (Å²) in [6, 6.07) is 12.6. The number of rotatable bonds is 3. The van der Waals surface area contributed by atoms with Crippen LogP contribution in [-0.4, -0.2) is 33.3 Å². The summed E-state index contributed by atoms with van der Waals surface area (Å²) in [6.45, 7) is 10.4. The molecular formula is C22H22Cl2N2O3. The Bertz CT molecular complexity index is 966. The van der Waals surface area contributed by atoms with Crippen LogP contribution in [0.3, 0.4) is 0 Å². The average Bonchev–Trinajstić information content (AvgIpc) is 2.64. The lowest BCUT2D eigenvalue weighted by atomic mass is 10.1. The SMILES string of the molecule is C=C(C)C(=O)N(N(C(=O)c1ccccc1)C(=O)c1ccc(Cl)cc1Cl)C(C)(C)C. The third kappa shape index (κ3) is 5.05. The Morgan fingerprint density at radius 1 is 0.931 bits per heavy atom. The van der Waals surface area contributed by atoms with Crippen molar-refractivity contribution in [3.8, 4) is 0 Å². The van der Waals surface area contributed by atoms with Crippen LogP contribution in [0, 0.1) is 0 Å². The lowest BCUT2D eigenvalue weighted by molar-refractivity contribution is -0.146. The fourth-order valence-corrected chi connectivity index (χ4v) is 3.12. The van der Waals surface area contributed by atoms with Gasteiger partial charge >= 0.3 is 0 Å². The van der Waals surface area contributed by atoms with E-state index in [0.29, 0.717) is 5.02 Å². The lowest BCUT2D eigenvalue weighted by Gasteiger charge is -2.42. The van der Waals surface area contributed by atoms with Gasteiger partial charge < -0.3 is 0 Å². The zero-order valence-corrected chi connectivity index (χ0v) is 18.2. The first-order chi connectivity index (χ1) is 13.4. The van der Waals surface area contributed by atoms with E-state index in [-0.39, 0.29) is 21.7 Å². The van der Waals surface area contributed by atoms with Gasteiger partial charge in [0.2, 0.25) is 0 Å². The fourth-order valence-electron chi connectivity index (χ4n) is 2.63. The van der Waals surface area contributed by atoms with Crippen molar-refractivity contribution in [2.75, 3.05) is 0 Å². The van der Waals surface area contributed by atoms with Crippen molar-refractivity contribution in [2.45, 2.75) is 33.2 Å². The molecule has 0 unspecified atom stereocenters. The van der Waals surface area contributed by atoms with E-state index in [4.69, 9.17) is 23.2 Å². The fraction of sp³-hybridized carbons (Fsp3) is 0.227. The number of carbonyl (C=O) groups is 3. The molecule has 0 spiro atoms. The van der Waals surface area contributed by atoms with E-state index in [2.05, 4.69) is 6.58 Å². The van der Waals surface area contributed by atoms with Gasteiger partial charge in [-0.05, 0) is 58.0 Å². The predicted octanol–water partition coefficient (Wildman–Crippen LogP) is 5.39. The summed E-state index contributed by atoms with van der Waals surface area (Å²) in [7, 11) is 0. The van der Waals surface area contributed by atoms with Crippen molar-refractivity contribution in [2.24, 2.45) is 0 Å². The molecule has 0 heterocycles. The number of benzene rings is 2. The zero-order valence-electron chi connectivity index (χ0n) is 16.7. The summed E-state index contributed by atoms with van der Waals surface area (Å²) in [5.74, 6) is -1.96. The van der Waals surface area contributed by atoms with Crippen LogP contribution in [-0.2, 0) is 4.79 Å². The standard InChI is InChI=1S/C22H22Cl2N2O3/c1-14(2)19(27)26(22(3,4)5)25(20(28)15-9-7-6-8-10-15)21(29)17-12-11-16(23)13-18(17)24/h6-13H,1H2,2-5H3.